The second-order valence-corrected chi connectivity index (χ2v) is 6.96. The molecule has 0 saturated carbocycles. The second-order valence-electron chi connectivity index (χ2n) is 5.01. The van der Waals surface area contributed by atoms with E-state index in [2.05, 4.69) is 26.5 Å². The van der Waals surface area contributed by atoms with Gasteiger partial charge in [0.15, 0.2) is 9.84 Å². The fraction of sp³-hybridized carbons (Fsp3) is 0.647. The molecule has 138 valence electrons. The minimum absolute atomic E-state index is 0. The van der Waals surface area contributed by atoms with Crippen LogP contribution in [0, 0.1) is 17.6 Å². The summed E-state index contributed by atoms with van der Waals surface area (Å²) in [5, 5.41) is 0. The maximum Gasteiger partial charge on any atom is 0.181 e. The minimum atomic E-state index is -3.81. The second kappa shape index (κ2) is 14.6. The molecule has 0 bridgehead atoms. The summed E-state index contributed by atoms with van der Waals surface area (Å²) >= 11 is 0. The Labute approximate surface area is 141 Å². The van der Waals surface area contributed by atoms with Crippen LogP contribution in [0.1, 0.15) is 53.9 Å². The summed E-state index contributed by atoms with van der Waals surface area (Å²) in [4.78, 5) is -0.870. The van der Waals surface area contributed by atoms with Crippen LogP contribution in [0.2, 0.25) is 0 Å². The van der Waals surface area contributed by atoms with E-state index in [0.717, 1.165) is 30.4 Å². The number of halogens is 2. The zero-order chi connectivity index (χ0) is 17.8. The topological polar surface area (TPSA) is 60.2 Å². The molecule has 0 amide bonds. The van der Waals surface area contributed by atoms with Gasteiger partial charge in [0, 0.05) is 6.26 Å². The molecule has 1 aromatic rings. The fourth-order valence-corrected chi connectivity index (χ4v) is 2.81. The SMILES string of the molecule is C.CCCC(C)CCC.CN.CS(=O)(=O)c1c(F)cccc1F. The van der Waals surface area contributed by atoms with Crippen molar-refractivity contribution in [1.82, 2.24) is 0 Å². The molecule has 1 rings (SSSR count). The normalized spacial score (nSPS) is 9.96. The minimum Gasteiger partial charge on any atom is -0.333 e. The van der Waals surface area contributed by atoms with Gasteiger partial charge in [-0.2, -0.15) is 0 Å². The lowest BCUT2D eigenvalue weighted by Gasteiger charge is -2.05. The first-order valence-corrected chi connectivity index (χ1v) is 9.34. The van der Waals surface area contributed by atoms with Gasteiger partial charge in [-0.05, 0) is 25.1 Å². The summed E-state index contributed by atoms with van der Waals surface area (Å²) in [7, 11) is -2.31. The first-order chi connectivity index (χ1) is 10.2. The Kier molecular flexibility index (Phi) is 17.0. The molecule has 0 spiro atoms. The van der Waals surface area contributed by atoms with Crippen molar-refractivity contribution in [2.45, 2.75) is 58.8 Å². The summed E-state index contributed by atoms with van der Waals surface area (Å²) in [6.07, 6.45) is 6.28. The summed E-state index contributed by atoms with van der Waals surface area (Å²) in [6, 6.07) is 2.91. The molecule has 0 aromatic heterocycles. The van der Waals surface area contributed by atoms with Crippen LogP contribution in [-0.2, 0) is 9.84 Å². The van der Waals surface area contributed by atoms with E-state index in [1.54, 1.807) is 0 Å². The summed E-state index contributed by atoms with van der Waals surface area (Å²) in [6.45, 7) is 6.85. The average Bonchev–Trinajstić information content (AvgIpc) is 2.40. The largest absolute Gasteiger partial charge is 0.333 e. The van der Waals surface area contributed by atoms with Gasteiger partial charge in [0.2, 0.25) is 0 Å². The molecule has 6 heteroatoms. The quantitative estimate of drug-likeness (QED) is 0.827. The van der Waals surface area contributed by atoms with Gasteiger partial charge in [-0.25, -0.2) is 17.2 Å². The van der Waals surface area contributed by atoms with Crippen LogP contribution in [0.5, 0.6) is 0 Å². The first-order valence-electron chi connectivity index (χ1n) is 7.45. The van der Waals surface area contributed by atoms with Crippen molar-refractivity contribution in [3.63, 3.8) is 0 Å². The van der Waals surface area contributed by atoms with Gasteiger partial charge >= 0.3 is 0 Å². The summed E-state index contributed by atoms with van der Waals surface area (Å²) in [5.74, 6) is -1.15. The van der Waals surface area contributed by atoms with Crippen molar-refractivity contribution in [2.24, 2.45) is 11.7 Å². The molecule has 3 nitrogen and oxygen atoms in total. The highest BCUT2D eigenvalue weighted by Gasteiger charge is 2.18. The van der Waals surface area contributed by atoms with Crippen molar-refractivity contribution in [2.75, 3.05) is 13.3 Å². The van der Waals surface area contributed by atoms with Crippen LogP contribution in [0.4, 0.5) is 8.78 Å². The van der Waals surface area contributed by atoms with Gasteiger partial charge in [0.05, 0.1) is 0 Å². The van der Waals surface area contributed by atoms with Crippen molar-refractivity contribution < 1.29 is 17.2 Å². The molecule has 23 heavy (non-hydrogen) atoms. The van der Waals surface area contributed by atoms with Crippen molar-refractivity contribution in [3.05, 3.63) is 29.8 Å². The van der Waals surface area contributed by atoms with Gasteiger partial charge in [0.25, 0.3) is 0 Å². The van der Waals surface area contributed by atoms with Crippen LogP contribution < -0.4 is 5.73 Å². The lowest BCUT2D eigenvalue weighted by atomic mass is 10.0. The summed E-state index contributed by atoms with van der Waals surface area (Å²) < 4.78 is 47.0. The van der Waals surface area contributed by atoms with Gasteiger partial charge in [-0.3, -0.25) is 0 Å². The highest BCUT2D eigenvalue weighted by Crippen LogP contribution is 2.17. The number of hydrogen-bond acceptors (Lipinski definition) is 3. The molecule has 0 aliphatic rings. The molecule has 0 unspecified atom stereocenters. The number of sulfone groups is 1. The molecule has 0 radical (unpaired) electrons. The van der Waals surface area contributed by atoms with E-state index in [4.69, 9.17) is 0 Å². The standard InChI is InChI=1S/C8H18.C7H6F2O2S.CH5N.CH4/c1-4-6-8(3)7-5-2;1-12(10,11)7-5(8)3-2-4-6(7)9;1-2;/h8H,4-7H2,1-3H3;2-4H,1H3;2H2,1H3;1H4. The van der Waals surface area contributed by atoms with Crippen LogP contribution in [0.15, 0.2) is 23.1 Å². The third kappa shape index (κ3) is 12.1. The predicted octanol–water partition coefficient (Wildman–Crippen LogP) is 4.80. The molecular weight excluding hydrogens is 320 g/mol. The Bertz CT molecular complexity index is 479. The van der Waals surface area contributed by atoms with Crippen molar-refractivity contribution in [3.8, 4) is 0 Å². The zero-order valence-electron chi connectivity index (χ0n) is 14.2. The average molecular weight is 354 g/mol. The van der Waals surface area contributed by atoms with Crippen molar-refractivity contribution >= 4 is 9.84 Å². The molecule has 0 aliphatic heterocycles. The fourth-order valence-electron chi connectivity index (χ4n) is 1.97. The van der Waals surface area contributed by atoms with Gasteiger partial charge in [-0.1, -0.05) is 59.9 Å². The Hall–Kier alpha value is -1.01. The maximum atomic E-state index is 12.7. The number of nitrogens with two attached hydrogens (primary N) is 1. The molecular formula is C17H33F2NO2S. The van der Waals surface area contributed by atoms with E-state index in [1.807, 2.05) is 0 Å². The molecule has 0 saturated heterocycles. The predicted molar refractivity (Wildman–Crippen MR) is 95.3 cm³/mol. The monoisotopic (exact) mass is 353 g/mol. The van der Waals surface area contributed by atoms with E-state index in [0.29, 0.717) is 0 Å². The highest BCUT2D eigenvalue weighted by molar-refractivity contribution is 7.90. The molecule has 0 fully saturated rings. The Morgan fingerprint density at radius 2 is 1.39 bits per heavy atom. The van der Waals surface area contributed by atoms with E-state index in [-0.39, 0.29) is 7.43 Å². The van der Waals surface area contributed by atoms with Crippen molar-refractivity contribution in [1.29, 1.82) is 0 Å². The first kappa shape index (κ1) is 26.9. The Balaban J connectivity index is -0.000000321. The number of hydrogen-bond donors (Lipinski definition) is 1. The van der Waals surface area contributed by atoms with Crippen LogP contribution in [-0.4, -0.2) is 21.7 Å². The highest BCUT2D eigenvalue weighted by atomic mass is 32.2. The Morgan fingerprint density at radius 3 is 1.61 bits per heavy atom. The van der Waals surface area contributed by atoms with Gasteiger partial charge < -0.3 is 5.73 Å². The molecule has 0 heterocycles. The maximum absolute atomic E-state index is 12.7. The molecule has 0 atom stereocenters. The summed E-state index contributed by atoms with van der Waals surface area (Å²) in [5.41, 5.74) is 4.50. The lowest BCUT2D eigenvalue weighted by Crippen LogP contribution is -2.03. The van der Waals surface area contributed by atoms with Crippen LogP contribution >= 0.6 is 0 Å². The lowest BCUT2D eigenvalue weighted by molar-refractivity contribution is 0.480. The van der Waals surface area contributed by atoms with E-state index in [9.17, 15) is 17.2 Å². The number of rotatable bonds is 5. The van der Waals surface area contributed by atoms with Crippen LogP contribution in [0.25, 0.3) is 0 Å². The van der Waals surface area contributed by atoms with Crippen LogP contribution in [0.3, 0.4) is 0 Å². The van der Waals surface area contributed by atoms with E-state index < -0.39 is 26.4 Å². The Morgan fingerprint density at radius 1 is 1.04 bits per heavy atom. The van der Waals surface area contributed by atoms with E-state index in [1.165, 1.54) is 32.7 Å². The smallest absolute Gasteiger partial charge is 0.181 e. The third-order valence-corrected chi connectivity index (χ3v) is 3.98. The van der Waals surface area contributed by atoms with Gasteiger partial charge in [-0.15, -0.1) is 0 Å². The van der Waals surface area contributed by atoms with E-state index >= 15 is 0 Å². The third-order valence-electron chi connectivity index (χ3n) is 2.85. The zero-order valence-corrected chi connectivity index (χ0v) is 15.0. The molecule has 2 N–H and O–H groups in total. The number of benzene rings is 1. The van der Waals surface area contributed by atoms with Gasteiger partial charge in [0.1, 0.15) is 16.5 Å². The molecule has 0 aliphatic carbocycles. The molecule has 1 aromatic carbocycles.